The zero-order chi connectivity index (χ0) is 22.6. The van der Waals surface area contributed by atoms with Crippen LogP contribution in [-0.4, -0.2) is 27.7 Å². The minimum Gasteiger partial charge on any atom is -0.497 e. The first-order valence-corrected chi connectivity index (χ1v) is 11.6. The summed E-state index contributed by atoms with van der Waals surface area (Å²) in [7, 11) is -1.89. The Morgan fingerprint density at radius 1 is 0.935 bits per heavy atom. The Bertz CT molecular complexity index is 1170. The van der Waals surface area contributed by atoms with E-state index < -0.39 is 10.0 Å². The number of anilines is 2. The van der Waals surface area contributed by atoms with E-state index in [0.717, 1.165) is 16.7 Å². The number of methoxy groups -OCH3 is 1. The van der Waals surface area contributed by atoms with Gasteiger partial charge < -0.3 is 10.1 Å². The summed E-state index contributed by atoms with van der Waals surface area (Å²) < 4.78 is 31.3. The zero-order valence-electron chi connectivity index (χ0n) is 18.0. The number of nitrogens with one attached hydrogen (secondary N) is 1. The van der Waals surface area contributed by atoms with Crippen LogP contribution in [-0.2, 0) is 16.6 Å². The van der Waals surface area contributed by atoms with Gasteiger partial charge >= 0.3 is 0 Å². The molecule has 0 unspecified atom stereocenters. The molecule has 0 heterocycles. The maximum atomic E-state index is 12.4. The number of aryl methyl sites for hydroxylation is 2. The van der Waals surface area contributed by atoms with E-state index in [1.54, 1.807) is 43.5 Å². The number of amides is 1. The molecular weight excluding hydrogens is 412 g/mol. The highest BCUT2D eigenvalue weighted by molar-refractivity contribution is 7.92. The summed E-state index contributed by atoms with van der Waals surface area (Å²) in [6.45, 7) is 4.15. The van der Waals surface area contributed by atoms with Crippen molar-refractivity contribution in [1.29, 1.82) is 0 Å². The van der Waals surface area contributed by atoms with Gasteiger partial charge in [0.15, 0.2) is 0 Å². The second-order valence-corrected chi connectivity index (χ2v) is 9.32. The van der Waals surface area contributed by atoms with Crippen LogP contribution in [0, 0.1) is 13.8 Å². The highest BCUT2D eigenvalue weighted by atomic mass is 32.2. The number of benzene rings is 3. The molecule has 0 aliphatic carbocycles. The van der Waals surface area contributed by atoms with E-state index in [0.29, 0.717) is 22.7 Å². The molecule has 3 aromatic rings. The maximum Gasteiger partial charge on any atom is 0.255 e. The van der Waals surface area contributed by atoms with Crippen molar-refractivity contribution in [2.45, 2.75) is 20.4 Å². The molecule has 0 spiro atoms. The molecule has 1 N–H and O–H groups in total. The van der Waals surface area contributed by atoms with Gasteiger partial charge in [0.1, 0.15) is 5.75 Å². The van der Waals surface area contributed by atoms with Crippen LogP contribution in [0.5, 0.6) is 5.75 Å². The summed E-state index contributed by atoms with van der Waals surface area (Å²) in [6.07, 6.45) is 1.20. The molecule has 0 fully saturated rings. The van der Waals surface area contributed by atoms with E-state index in [9.17, 15) is 13.2 Å². The van der Waals surface area contributed by atoms with E-state index in [-0.39, 0.29) is 12.5 Å². The number of carbonyl (C=O) groups excluding carboxylic acids is 1. The fourth-order valence-corrected chi connectivity index (χ4v) is 3.97. The van der Waals surface area contributed by atoms with Gasteiger partial charge in [0.2, 0.25) is 10.0 Å². The lowest BCUT2D eigenvalue weighted by Gasteiger charge is -2.23. The largest absolute Gasteiger partial charge is 0.497 e. The first kappa shape index (κ1) is 22.4. The monoisotopic (exact) mass is 438 g/mol. The average molecular weight is 439 g/mol. The van der Waals surface area contributed by atoms with Gasteiger partial charge in [-0.15, -0.1) is 0 Å². The summed E-state index contributed by atoms with van der Waals surface area (Å²) in [4.78, 5) is 12.4. The van der Waals surface area contributed by atoms with Crippen molar-refractivity contribution < 1.29 is 17.9 Å². The third kappa shape index (κ3) is 5.64. The number of rotatable bonds is 7. The van der Waals surface area contributed by atoms with Crippen LogP contribution in [0.25, 0.3) is 0 Å². The second-order valence-electron chi connectivity index (χ2n) is 7.42. The van der Waals surface area contributed by atoms with Crippen molar-refractivity contribution in [2.75, 3.05) is 23.0 Å². The van der Waals surface area contributed by atoms with Crippen LogP contribution >= 0.6 is 0 Å². The minimum absolute atomic E-state index is 0.202. The third-order valence-electron chi connectivity index (χ3n) is 5.07. The molecular formula is C24H26N2O4S. The molecule has 31 heavy (non-hydrogen) atoms. The fourth-order valence-electron chi connectivity index (χ4n) is 3.09. The summed E-state index contributed by atoms with van der Waals surface area (Å²) in [5.74, 6) is 0.448. The lowest BCUT2D eigenvalue weighted by molar-refractivity contribution is 0.102. The van der Waals surface area contributed by atoms with Gasteiger partial charge in [-0.1, -0.05) is 18.2 Å². The molecule has 0 saturated heterocycles. The number of ether oxygens (including phenoxy) is 1. The van der Waals surface area contributed by atoms with E-state index in [4.69, 9.17) is 4.74 Å². The van der Waals surface area contributed by atoms with Gasteiger partial charge in [0.05, 0.1) is 25.6 Å². The van der Waals surface area contributed by atoms with Crippen LogP contribution in [0.2, 0.25) is 0 Å². The van der Waals surface area contributed by atoms with Crippen molar-refractivity contribution in [3.63, 3.8) is 0 Å². The zero-order valence-corrected chi connectivity index (χ0v) is 18.9. The quantitative estimate of drug-likeness (QED) is 0.588. The average Bonchev–Trinajstić information content (AvgIpc) is 2.74. The fraction of sp³-hybridized carbons (Fsp3) is 0.208. The van der Waals surface area contributed by atoms with E-state index in [2.05, 4.69) is 5.32 Å². The molecule has 0 aliphatic heterocycles. The number of hydrogen-bond donors (Lipinski definition) is 1. The van der Waals surface area contributed by atoms with Gasteiger partial charge in [0, 0.05) is 11.3 Å². The third-order valence-corrected chi connectivity index (χ3v) is 6.21. The second kappa shape index (κ2) is 9.22. The lowest BCUT2D eigenvalue weighted by atomic mass is 10.1. The number of sulfonamides is 1. The molecule has 0 aliphatic rings. The Labute approximate surface area is 183 Å². The van der Waals surface area contributed by atoms with Crippen LogP contribution in [0.4, 0.5) is 11.4 Å². The lowest BCUT2D eigenvalue weighted by Crippen LogP contribution is -2.29. The van der Waals surface area contributed by atoms with Crippen molar-refractivity contribution >= 4 is 27.3 Å². The van der Waals surface area contributed by atoms with Gasteiger partial charge in [-0.25, -0.2) is 8.42 Å². The van der Waals surface area contributed by atoms with Crippen molar-refractivity contribution in [1.82, 2.24) is 0 Å². The highest BCUT2D eigenvalue weighted by Crippen LogP contribution is 2.24. The molecule has 3 aromatic carbocycles. The Balaban J connectivity index is 1.74. The SMILES string of the molecule is COc1ccc(C(=O)Nc2ccc(CN(c3ccc(C)c(C)c3)S(C)(=O)=O)cc2)cc1. The molecule has 0 saturated carbocycles. The highest BCUT2D eigenvalue weighted by Gasteiger charge is 2.18. The van der Waals surface area contributed by atoms with E-state index >= 15 is 0 Å². The molecule has 7 heteroatoms. The van der Waals surface area contributed by atoms with Crippen molar-refractivity contribution in [2.24, 2.45) is 0 Å². The number of nitrogens with zero attached hydrogens (tertiary/aromatic N) is 1. The molecule has 6 nitrogen and oxygen atoms in total. The number of hydrogen-bond acceptors (Lipinski definition) is 4. The molecule has 1 amide bonds. The topological polar surface area (TPSA) is 75.7 Å². The molecule has 0 aromatic heterocycles. The van der Waals surface area contributed by atoms with Crippen LogP contribution in [0.15, 0.2) is 66.7 Å². The first-order chi connectivity index (χ1) is 14.7. The van der Waals surface area contributed by atoms with E-state index in [1.165, 1.54) is 10.6 Å². The predicted molar refractivity (Wildman–Crippen MR) is 124 cm³/mol. The molecule has 0 bridgehead atoms. The standard InChI is InChI=1S/C24H26N2O4S/c1-17-5-12-22(15-18(17)2)26(31(4,28)29)16-19-6-10-21(11-7-19)25-24(27)20-8-13-23(30-3)14-9-20/h5-15H,16H2,1-4H3,(H,25,27). The van der Waals surface area contributed by atoms with Crippen LogP contribution in [0.3, 0.4) is 0 Å². The number of carbonyl (C=O) groups is 1. The summed E-state index contributed by atoms with van der Waals surface area (Å²) >= 11 is 0. The van der Waals surface area contributed by atoms with Gasteiger partial charge in [0.25, 0.3) is 5.91 Å². The summed E-state index contributed by atoms with van der Waals surface area (Å²) in [5, 5.41) is 2.84. The molecule has 162 valence electrons. The Morgan fingerprint density at radius 3 is 2.13 bits per heavy atom. The van der Waals surface area contributed by atoms with Crippen molar-refractivity contribution in [3.05, 3.63) is 89.0 Å². The van der Waals surface area contributed by atoms with Gasteiger partial charge in [-0.05, 0) is 79.1 Å². The Kier molecular flexibility index (Phi) is 6.65. The van der Waals surface area contributed by atoms with Gasteiger partial charge in [-0.2, -0.15) is 0 Å². The summed E-state index contributed by atoms with van der Waals surface area (Å²) in [5.41, 5.74) is 4.72. The van der Waals surface area contributed by atoms with Crippen LogP contribution < -0.4 is 14.4 Å². The minimum atomic E-state index is -3.46. The summed E-state index contributed by atoms with van der Waals surface area (Å²) in [6, 6.07) is 19.6. The molecule has 0 radical (unpaired) electrons. The maximum absolute atomic E-state index is 12.4. The Hall–Kier alpha value is -3.32. The molecule has 3 rings (SSSR count). The van der Waals surface area contributed by atoms with E-state index in [1.807, 2.05) is 44.2 Å². The van der Waals surface area contributed by atoms with Gasteiger partial charge in [-0.3, -0.25) is 9.10 Å². The molecule has 0 atom stereocenters. The predicted octanol–water partition coefficient (Wildman–Crippen LogP) is 4.53. The Morgan fingerprint density at radius 2 is 1.58 bits per heavy atom. The van der Waals surface area contributed by atoms with Crippen LogP contribution in [0.1, 0.15) is 27.0 Å². The first-order valence-electron chi connectivity index (χ1n) is 9.76. The smallest absolute Gasteiger partial charge is 0.255 e. The van der Waals surface area contributed by atoms with Crippen molar-refractivity contribution in [3.8, 4) is 5.75 Å². The normalized spacial score (nSPS) is 11.1.